The van der Waals surface area contributed by atoms with Crippen LogP contribution in [0.4, 0.5) is 10.1 Å². The monoisotopic (exact) mass is 545 g/mol. The molecule has 1 unspecified atom stereocenters. The zero-order valence-corrected chi connectivity index (χ0v) is 22.0. The summed E-state index contributed by atoms with van der Waals surface area (Å²) in [6, 6.07) is 11.6. The van der Waals surface area contributed by atoms with Crippen LogP contribution >= 0.6 is 0 Å². The summed E-state index contributed by atoms with van der Waals surface area (Å²) in [6.45, 7) is 0. The molecular weight excluding hydrogens is 517 g/mol. The first-order chi connectivity index (χ1) is 18.1. The van der Waals surface area contributed by atoms with E-state index in [0.717, 1.165) is 17.5 Å². The smallest absolute Gasteiger partial charge is 0.330 e. The molecule has 3 aromatic carbocycles. The number of sulfone groups is 1. The van der Waals surface area contributed by atoms with Gasteiger partial charge in [0.05, 0.1) is 45.4 Å². The topological polar surface area (TPSA) is 120 Å². The SMILES string of the molecule is COc1cc(OC)c(/C=C/S(=O)(=O)Cc2ccc(OC)c(NC(C(=O)O)c3ccc(F)cc3)c2)c(OC)c1. The van der Waals surface area contributed by atoms with Crippen molar-refractivity contribution in [1.29, 1.82) is 0 Å². The first-order valence-corrected chi connectivity index (χ1v) is 12.9. The predicted molar refractivity (Wildman–Crippen MR) is 141 cm³/mol. The first-order valence-electron chi connectivity index (χ1n) is 11.2. The van der Waals surface area contributed by atoms with Crippen LogP contribution in [0, 0.1) is 5.82 Å². The number of ether oxygens (including phenoxy) is 4. The molecule has 0 aliphatic carbocycles. The van der Waals surface area contributed by atoms with E-state index < -0.39 is 27.7 Å². The van der Waals surface area contributed by atoms with Gasteiger partial charge >= 0.3 is 5.97 Å². The maximum atomic E-state index is 13.3. The zero-order valence-electron chi connectivity index (χ0n) is 21.2. The number of halogens is 1. The van der Waals surface area contributed by atoms with Crippen molar-refractivity contribution in [3.05, 3.63) is 82.5 Å². The number of carboxylic acids is 1. The van der Waals surface area contributed by atoms with Gasteiger partial charge in [0.25, 0.3) is 0 Å². The summed E-state index contributed by atoms with van der Waals surface area (Å²) in [5.41, 5.74) is 1.37. The van der Waals surface area contributed by atoms with Crippen molar-refractivity contribution in [2.75, 3.05) is 33.8 Å². The molecule has 0 bridgehead atoms. The summed E-state index contributed by atoms with van der Waals surface area (Å²) in [6.07, 6.45) is 1.38. The van der Waals surface area contributed by atoms with E-state index >= 15 is 0 Å². The Morgan fingerprint density at radius 1 is 0.921 bits per heavy atom. The molecule has 11 heteroatoms. The van der Waals surface area contributed by atoms with Gasteiger partial charge in [0.2, 0.25) is 0 Å². The van der Waals surface area contributed by atoms with Crippen molar-refractivity contribution in [1.82, 2.24) is 0 Å². The van der Waals surface area contributed by atoms with Crippen LogP contribution in [0.2, 0.25) is 0 Å². The van der Waals surface area contributed by atoms with Crippen LogP contribution in [0.15, 0.2) is 60.0 Å². The largest absolute Gasteiger partial charge is 0.496 e. The number of hydrogen-bond acceptors (Lipinski definition) is 8. The first kappa shape index (κ1) is 28.3. The van der Waals surface area contributed by atoms with Gasteiger partial charge in [0, 0.05) is 17.5 Å². The Labute approximate surface area is 220 Å². The minimum Gasteiger partial charge on any atom is -0.496 e. The third-order valence-electron chi connectivity index (χ3n) is 5.58. The van der Waals surface area contributed by atoms with Gasteiger partial charge in [-0.05, 0) is 41.5 Å². The van der Waals surface area contributed by atoms with E-state index in [1.807, 2.05) is 0 Å². The molecule has 0 aromatic heterocycles. The summed E-state index contributed by atoms with van der Waals surface area (Å²) in [5.74, 6) is -0.562. The highest BCUT2D eigenvalue weighted by molar-refractivity contribution is 7.93. The summed E-state index contributed by atoms with van der Waals surface area (Å²) in [5, 5.41) is 13.6. The molecule has 0 saturated carbocycles. The van der Waals surface area contributed by atoms with Crippen LogP contribution in [0.3, 0.4) is 0 Å². The lowest BCUT2D eigenvalue weighted by Gasteiger charge is -2.19. The molecule has 1 atom stereocenters. The number of carbonyl (C=O) groups is 1. The fourth-order valence-electron chi connectivity index (χ4n) is 3.71. The van der Waals surface area contributed by atoms with Crippen LogP contribution in [0.1, 0.15) is 22.7 Å². The second kappa shape index (κ2) is 12.3. The van der Waals surface area contributed by atoms with Crippen LogP contribution in [0.5, 0.6) is 23.0 Å². The maximum absolute atomic E-state index is 13.3. The number of benzene rings is 3. The Morgan fingerprint density at radius 2 is 1.53 bits per heavy atom. The van der Waals surface area contributed by atoms with E-state index in [-0.39, 0.29) is 11.4 Å². The van der Waals surface area contributed by atoms with Crippen LogP contribution in [0.25, 0.3) is 6.08 Å². The number of rotatable bonds is 12. The third-order valence-corrected chi connectivity index (χ3v) is 6.86. The Morgan fingerprint density at radius 3 is 2.05 bits per heavy atom. The van der Waals surface area contributed by atoms with Crippen molar-refractivity contribution < 1.29 is 41.7 Å². The predicted octanol–water partition coefficient (Wildman–Crippen LogP) is 4.68. The molecular formula is C27H28FNO8S. The molecule has 38 heavy (non-hydrogen) atoms. The van der Waals surface area contributed by atoms with E-state index in [0.29, 0.717) is 39.7 Å². The van der Waals surface area contributed by atoms with Crippen molar-refractivity contribution in [2.45, 2.75) is 11.8 Å². The summed E-state index contributed by atoms with van der Waals surface area (Å²) in [7, 11) is 2.00. The molecule has 9 nitrogen and oxygen atoms in total. The van der Waals surface area contributed by atoms with Crippen molar-refractivity contribution in [2.24, 2.45) is 0 Å². The molecule has 0 radical (unpaired) electrons. The second-order valence-corrected chi connectivity index (χ2v) is 9.94. The molecule has 0 aliphatic rings. The standard InChI is InChI=1S/C27H28FNO8S/c1-34-20-14-24(36-3)21(25(15-20)37-4)11-12-38(32,33)16-17-5-10-23(35-2)22(13-17)29-26(27(30)31)18-6-8-19(28)9-7-18/h5-15,26,29H,16H2,1-4H3,(H,30,31)/b12-11+. The highest BCUT2D eigenvalue weighted by Gasteiger charge is 2.22. The quantitative estimate of drug-likeness (QED) is 0.334. The second-order valence-electron chi connectivity index (χ2n) is 8.06. The van der Waals surface area contributed by atoms with E-state index in [4.69, 9.17) is 18.9 Å². The molecule has 202 valence electrons. The number of nitrogens with one attached hydrogen (secondary N) is 1. The van der Waals surface area contributed by atoms with Gasteiger partial charge in [0.1, 0.15) is 28.8 Å². The van der Waals surface area contributed by atoms with Crippen molar-refractivity contribution >= 4 is 27.6 Å². The summed E-state index contributed by atoms with van der Waals surface area (Å²) >= 11 is 0. The highest BCUT2D eigenvalue weighted by Crippen LogP contribution is 2.35. The van der Waals surface area contributed by atoms with Gasteiger partial charge in [-0.15, -0.1) is 0 Å². The Hall–Kier alpha value is -4.25. The number of hydrogen-bond donors (Lipinski definition) is 2. The molecule has 2 N–H and O–H groups in total. The highest BCUT2D eigenvalue weighted by atomic mass is 32.2. The van der Waals surface area contributed by atoms with Gasteiger partial charge in [-0.3, -0.25) is 0 Å². The van der Waals surface area contributed by atoms with Crippen molar-refractivity contribution in [3.8, 4) is 23.0 Å². The summed E-state index contributed by atoms with van der Waals surface area (Å²) < 4.78 is 60.5. The molecule has 3 rings (SSSR count). The van der Waals surface area contributed by atoms with Gasteiger partial charge in [-0.25, -0.2) is 17.6 Å². The molecule has 0 spiro atoms. The van der Waals surface area contributed by atoms with Crippen molar-refractivity contribution in [3.63, 3.8) is 0 Å². The van der Waals surface area contributed by atoms with Gasteiger partial charge in [-0.1, -0.05) is 18.2 Å². The van der Waals surface area contributed by atoms with Gasteiger partial charge in [0.15, 0.2) is 15.9 Å². The lowest BCUT2D eigenvalue weighted by molar-refractivity contribution is -0.138. The minimum absolute atomic E-state index is 0.263. The van der Waals surface area contributed by atoms with Gasteiger partial charge in [-0.2, -0.15) is 0 Å². The Kier molecular flexibility index (Phi) is 9.19. The lowest BCUT2D eigenvalue weighted by atomic mass is 10.1. The lowest BCUT2D eigenvalue weighted by Crippen LogP contribution is -2.21. The fourth-order valence-corrected chi connectivity index (χ4v) is 4.79. The average molecular weight is 546 g/mol. The molecule has 0 amide bonds. The van der Waals surface area contributed by atoms with E-state index in [9.17, 15) is 22.7 Å². The maximum Gasteiger partial charge on any atom is 0.330 e. The molecule has 0 aliphatic heterocycles. The van der Waals surface area contributed by atoms with Crippen LogP contribution in [-0.2, 0) is 20.4 Å². The van der Waals surface area contributed by atoms with Gasteiger partial charge < -0.3 is 29.4 Å². The number of anilines is 1. The molecule has 3 aromatic rings. The normalized spacial score (nSPS) is 12.1. The van der Waals surface area contributed by atoms with Crippen LogP contribution < -0.4 is 24.3 Å². The number of methoxy groups -OCH3 is 4. The molecule has 0 fully saturated rings. The van der Waals surface area contributed by atoms with E-state index in [1.165, 1.54) is 58.8 Å². The molecule has 0 heterocycles. The average Bonchev–Trinajstić information content (AvgIpc) is 2.90. The Bertz CT molecular complexity index is 1400. The van der Waals surface area contributed by atoms with Crippen LogP contribution in [-0.4, -0.2) is 47.9 Å². The third kappa shape index (κ3) is 6.94. The number of aliphatic carboxylic acids is 1. The minimum atomic E-state index is -3.79. The van der Waals surface area contributed by atoms with E-state index in [1.54, 1.807) is 18.2 Å². The fraction of sp³-hybridized carbons (Fsp3) is 0.222. The molecule has 0 saturated heterocycles. The van der Waals surface area contributed by atoms with E-state index in [2.05, 4.69) is 5.32 Å². The Balaban J connectivity index is 1.90. The summed E-state index contributed by atoms with van der Waals surface area (Å²) in [4.78, 5) is 11.9. The number of carboxylic acid groups (broad SMARTS) is 1. The zero-order chi connectivity index (χ0) is 27.9.